The fraction of sp³-hybridized carbons (Fsp3) is 0.889. The van der Waals surface area contributed by atoms with Crippen LogP contribution in [0.3, 0.4) is 0 Å². The highest BCUT2D eigenvalue weighted by Gasteiger charge is 2.06. The molecular weight excluding hydrogens is 166 g/mol. The number of hydrogen-bond acceptors (Lipinski definition) is 3. The van der Waals surface area contributed by atoms with Crippen LogP contribution in [-0.2, 0) is 4.79 Å². The molecule has 1 amide bonds. The van der Waals surface area contributed by atoms with E-state index < -0.39 is 0 Å². The molecule has 0 bridgehead atoms. The number of amides is 1. The van der Waals surface area contributed by atoms with Crippen molar-refractivity contribution in [2.45, 2.75) is 13.3 Å². The lowest BCUT2D eigenvalue weighted by molar-refractivity contribution is -0.129. The van der Waals surface area contributed by atoms with Crippen LogP contribution >= 0.6 is 0 Å². The fourth-order valence-electron chi connectivity index (χ4n) is 0.967. The summed E-state index contributed by atoms with van der Waals surface area (Å²) in [5.74, 6) is 0.205. The maximum atomic E-state index is 11.4. The van der Waals surface area contributed by atoms with E-state index in [1.807, 2.05) is 21.0 Å². The first kappa shape index (κ1) is 12.4. The van der Waals surface area contributed by atoms with E-state index in [2.05, 4.69) is 10.6 Å². The maximum absolute atomic E-state index is 11.4. The summed E-state index contributed by atoms with van der Waals surface area (Å²) in [6, 6.07) is 0. The molecule has 0 aromatic rings. The van der Waals surface area contributed by atoms with Gasteiger partial charge in [-0.15, -0.1) is 0 Å². The minimum Gasteiger partial charge on any atom is -0.344 e. The third-order valence-corrected chi connectivity index (χ3v) is 1.89. The summed E-state index contributed by atoms with van der Waals surface area (Å²) >= 11 is 0. The van der Waals surface area contributed by atoms with Gasteiger partial charge in [0.05, 0.1) is 0 Å². The predicted molar refractivity (Wildman–Crippen MR) is 54.7 cm³/mol. The van der Waals surface area contributed by atoms with E-state index in [1.54, 1.807) is 4.90 Å². The SMILES string of the molecule is CCNCCC(=O)N(C)CCNC. The van der Waals surface area contributed by atoms with Crippen molar-refractivity contribution in [1.29, 1.82) is 0 Å². The molecule has 0 fully saturated rings. The first-order valence-corrected chi connectivity index (χ1v) is 4.81. The molecule has 0 aliphatic heterocycles. The normalized spacial score (nSPS) is 10.1. The number of rotatable bonds is 7. The second-order valence-corrected chi connectivity index (χ2v) is 3.02. The van der Waals surface area contributed by atoms with Gasteiger partial charge < -0.3 is 15.5 Å². The van der Waals surface area contributed by atoms with Crippen LogP contribution in [0.4, 0.5) is 0 Å². The van der Waals surface area contributed by atoms with E-state index in [0.29, 0.717) is 6.42 Å². The lowest BCUT2D eigenvalue weighted by atomic mass is 10.3. The Morgan fingerprint density at radius 3 is 2.62 bits per heavy atom. The van der Waals surface area contributed by atoms with E-state index in [0.717, 1.165) is 26.2 Å². The van der Waals surface area contributed by atoms with E-state index in [1.165, 1.54) is 0 Å². The van der Waals surface area contributed by atoms with Gasteiger partial charge in [0.15, 0.2) is 0 Å². The second kappa shape index (κ2) is 8.01. The van der Waals surface area contributed by atoms with Crippen molar-refractivity contribution in [1.82, 2.24) is 15.5 Å². The average molecular weight is 187 g/mol. The molecule has 4 heteroatoms. The van der Waals surface area contributed by atoms with Crippen molar-refractivity contribution in [3.63, 3.8) is 0 Å². The van der Waals surface area contributed by atoms with Crippen molar-refractivity contribution < 1.29 is 4.79 Å². The van der Waals surface area contributed by atoms with Crippen LogP contribution in [0, 0.1) is 0 Å². The van der Waals surface area contributed by atoms with Crippen LogP contribution in [0.1, 0.15) is 13.3 Å². The van der Waals surface area contributed by atoms with Gasteiger partial charge in [-0.25, -0.2) is 0 Å². The third kappa shape index (κ3) is 6.54. The Hall–Kier alpha value is -0.610. The zero-order valence-electron chi connectivity index (χ0n) is 8.89. The van der Waals surface area contributed by atoms with Crippen molar-refractivity contribution >= 4 is 5.91 Å². The largest absolute Gasteiger partial charge is 0.344 e. The van der Waals surface area contributed by atoms with Crippen LogP contribution in [-0.4, -0.2) is 51.1 Å². The molecule has 0 aliphatic carbocycles. The van der Waals surface area contributed by atoms with Gasteiger partial charge in [0, 0.05) is 33.1 Å². The van der Waals surface area contributed by atoms with Crippen LogP contribution in [0.25, 0.3) is 0 Å². The highest BCUT2D eigenvalue weighted by atomic mass is 16.2. The summed E-state index contributed by atoms with van der Waals surface area (Å²) in [6.45, 7) is 5.37. The maximum Gasteiger partial charge on any atom is 0.223 e. The van der Waals surface area contributed by atoms with Gasteiger partial charge >= 0.3 is 0 Å². The van der Waals surface area contributed by atoms with Crippen molar-refractivity contribution in [3.05, 3.63) is 0 Å². The molecule has 0 unspecified atom stereocenters. The molecule has 0 rings (SSSR count). The highest BCUT2D eigenvalue weighted by molar-refractivity contribution is 5.76. The average Bonchev–Trinajstić information content (AvgIpc) is 2.14. The smallest absolute Gasteiger partial charge is 0.223 e. The lowest BCUT2D eigenvalue weighted by Crippen LogP contribution is -2.34. The summed E-state index contributed by atoms with van der Waals surface area (Å²) < 4.78 is 0. The summed E-state index contributed by atoms with van der Waals surface area (Å²) in [5, 5.41) is 6.14. The van der Waals surface area contributed by atoms with Crippen molar-refractivity contribution in [3.8, 4) is 0 Å². The topological polar surface area (TPSA) is 44.4 Å². The zero-order chi connectivity index (χ0) is 10.1. The van der Waals surface area contributed by atoms with E-state index >= 15 is 0 Å². The van der Waals surface area contributed by atoms with Gasteiger partial charge in [-0.05, 0) is 13.6 Å². The number of nitrogens with one attached hydrogen (secondary N) is 2. The van der Waals surface area contributed by atoms with Gasteiger partial charge in [-0.3, -0.25) is 4.79 Å². The fourth-order valence-corrected chi connectivity index (χ4v) is 0.967. The van der Waals surface area contributed by atoms with Crippen LogP contribution in [0.15, 0.2) is 0 Å². The summed E-state index contributed by atoms with van der Waals surface area (Å²) in [6.07, 6.45) is 0.591. The van der Waals surface area contributed by atoms with Gasteiger partial charge in [-0.1, -0.05) is 6.92 Å². The molecule has 0 atom stereocenters. The molecule has 0 radical (unpaired) electrons. The minimum atomic E-state index is 0.205. The molecule has 0 aromatic carbocycles. The standard InChI is InChI=1S/C9H21N3O/c1-4-11-6-5-9(13)12(3)8-7-10-2/h10-11H,4-8H2,1-3H3. The van der Waals surface area contributed by atoms with Crippen LogP contribution in [0.2, 0.25) is 0 Å². The molecular formula is C9H21N3O. The number of carbonyl (C=O) groups excluding carboxylic acids is 1. The molecule has 0 aliphatic rings. The number of likely N-dealkylation sites (N-methyl/N-ethyl adjacent to an activating group) is 2. The van der Waals surface area contributed by atoms with E-state index in [9.17, 15) is 4.79 Å². The number of hydrogen-bond donors (Lipinski definition) is 2. The first-order valence-electron chi connectivity index (χ1n) is 4.81. The molecule has 4 nitrogen and oxygen atoms in total. The molecule has 2 N–H and O–H groups in total. The Kier molecular flexibility index (Phi) is 7.63. The molecule has 0 heterocycles. The van der Waals surface area contributed by atoms with E-state index in [-0.39, 0.29) is 5.91 Å². The van der Waals surface area contributed by atoms with Gasteiger partial charge in [0.25, 0.3) is 0 Å². The Labute approximate surface area is 80.7 Å². The molecule has 0 saturated carbocycles. The van der Waals surface area contributed by atoms with Gasteiger partial charge in [0.2, 0.25) is 5.91 Å². The quantitative estimate of drug-likeness (QED) is 0.536. The van der Waals surface area contributed by atoms with Crippen LogP contribution < -0.4 is 10.6 Å². The van der Waals surface area contributed by atoms with Gasteiger partial charge in [-0.2, -0.15) is 0 Å². The van der Waals surface area contributed by atoms with E-state index in [4.69, 9.17) is 0 Å². The molecule has 0 saturated heterocycles. The third-order valence-electron chi connectivity index (χ3n) is 1.89. The molecule has 13 heavy (non-hydrogen) atoms. The van der Waals surface area contributed by atoms with Crippen LogP contribution in [0.5, 0.6) is 0 Å². The molecule has 0 spiro atoms. The number of carbonyl (C=O) groups is 1. The first-order chi connectivity index (χ1) is 6.22. The molecule has 0 aromatic heterocycles. The summed E-state index contributed by atoms with van der Waals surface area (Å²) in [4.78, 5) is 13.1. The molecule has 78 valence electrons. The Bertz CT molecular complexity index is 139. The van der Waals surface area contributed by atoms with Crippen molar-refractivity contribution in [2.75, 3.05) is 40.3 Å². The minimum absolute atomic E-state index is 0.205. The van der Waals surface area contributed by atoms with Crippen molar-refractivity contribution in [2.24, 2.45) is 0 Å². The predicted octanol–water partition coefficient (Wildman–Crippen LogP) is -0.336. The van der Waals surface area contributed by atoms with Gasteiger partial charge in [0.1, 0.15) is 0 Å². The highest BCUT2D eigenvalue weighted by Crippen LogP contribution is 1.88. The summed E-state index contributed by atoms with van der Waals surface area (Å²) in [5.41, 5.74) is 0. The Balaban J connectivity index is 3.45. The Morgan fingerprint density at radius 1 is 1.38 bits per heavy atom. The Morgan fingerprint density at radius 2 is 2.08 bits per heavy atom. The second-order valence-electron chi connectivity index (χ2n) is 3.02. The monoisotopic (exact) mass is 187 g/mol. The number of nitrogens with zero attached hydrogens (tertiary/aromatic N) is 1. The summed E-state index contributed by atoms with van der Waals surface area (Å²) in [7, 11) is 3.72. The zero-order valence-corrected chi connectivity index (χ0v) is 8.89. The lowest BCUT2D eigenvalue weighted by Gasteiger charge is -2.16.